The molecule has 1 aliphatic heterocycles. The Morgan fingerprint density at radius 3 is 2.48 bits per heavy atom. The second-order valence-corrected chi connectivity index (χ2v) is 8.02. The summed E-state index contributed by atoms with van der Waals surface area (Å²) in [6.07, 6.45) is -2.64. The molecule has 7 atom stereocenters. The van der Waals surface area contributed by atoms with Crippen LogP contribution in [0.15, 0.2) is 23.8 Å². The summed E-state index contributed by atoms with van der Waals surface area (Å²) in [5.41, 5.74) is -1.52. The van der Waals surface area contributed by atoms with Crippen LogP contribution in [0.25, 0.3) is 0 Å². The molecule has 0 aromatic carbocycles. The number of aliphatic hydroxyl groups is 5. The van der Waals surface area contributed by atoms with Crippen molar-refractivity contribution in [3.05, 3.63) is 23.8 Å². The minimum atomic E-state index is -1.52. The summed E-state index contributed by atoms with van der Waals surface area (Å²) in [6, 6.07) is 0. The van der Waals surface area contributed by atoms with Crippen LogP contribution in [0.3, 0.4) is 0 Å². The molecule has 1 fully saturated rings. The smallest absolute Gasteiger partial charge is 0.187 e. The summed E-state index contributed by atoms with van der Waals surface area (Å²) in [4.78, 5) is 11.8. The van der Waals surface area contributed by atoms with Crippen molar-refractivity contribution >= 4 is 5.78 Å². The highest BCUT2D eigenvalue weighted by molar-refractivity contribution is 5.92. The highest BCUT2D eigenvalue weighted by Gasteiger charge is 2.47. The molecule has 154 valence electrons. The van der Waals surface area contributed by atoms with Crippen LogP contribution in [0.4, 0.5) is 0 Å². The van der Waals surface area contributed by atoms with Gasteiger partial charge < -0.3 is 35.0 Å². The lowest BCUT2D eigenvalue weighted by Gasteiger charge is -2.44. The molecular formula is C19H30O8. The van der Waals surface area contributed by atoms with Crippen LogP contribution in [-0.4, -0.2) is 80.3 Å². The molecule has 2 rings (SSSR count). The molecule has 0 aromatic rings. The zero-order chi connectivity index (χ0) is 20.6. The molecule has 0 radical (unpaired) electrons. The van der Waals surface area contributed by atoms with Crippen molar-refractivity contribution < 1.29 is 39.8 Å². The van der Waals surface area contributed by atoms with E-state index in [1.165, 1.54) is 6.08 Å². The second kappa shape index (κ2) is 8.08. The average Bonchev–Trinajstić information content (AvgIpc) is 2.58. The van der Waals surface area contributed by atoms with Gasteiger partial charge in [-0.1, -0.05) is 19.9 Å². The van der Waals surface area contributed by atoms with Crippen molar-refractivity contribution in [2.45, 2.75) is 76.5 Å². The van der Waals surface area contributed by atoms with E-state index in [0.717, 1.165) is 0 Å². The third-order valence-corrected chi connectivity index (χ3v) is 5.43. The van der Waals surface area contributed by atoms with Gasteiger partial charge in [-0.2, -0.15) is 0 Å². The van der Waals surface area contributed by atoms with Crippen molar-refractivity contribution in [1.29, 1.82) is 0 Å². The Morgan fingerprint density at radius 2 is 1.93 bits per heavy atom. The zero-order valence-corrected chi connectivity index (χ0v) is 16.1. The maximum atomic E-state index is 11.8. The average molecular weight is 386 g/mol. The molecule has 5 N–H and O–H groups in total. The highest BCUT2D eigenvalue weighted by Crippen LogP contribution is 2.44. The molecular weight excluding hydrogens is 356 g/mol. The first kappa shape index (κ1) is 22.2. The quantitative estimate of drug-likeness (QED) is 0.396. The minimum absolute atomic E-state index is 0.0406. The molecule has 1 heterocycles. The van der Waals surface area contributed by atoms with Gasteiger partial charge in [0.05, 0.1) is 12.7 Å². The number of ether oxygens (including phenoxy) is 2. The van der Waals surface area contributed by atoms with Crippen molar-refractivity contribution in [2.75, 3.05) is 6.61 Å². The maximum Gasteiger partial charge on any atom is 0.187 e. The Morgan fingerprint density at radius 1 is 1.30 bits per heavy atom. The van der Waals surface area contributed by atoms with E-state index in [-0.39, 0.29) is 12.2 Å². The van der Waals surface area contributed by atoms with Crippen molar-refractivity contribution in [3.8, 4) is 0 Å². The lowest BCUT2D eigenvalue weighted by molar-refractivity contribution is -0.306. The maximum absolute atomic E-state index is 11.8. The van der Waals surface area contributed by atoms with Gasteiger partial charge in [-0.3, -0.25) is 4.79 Å². The standard InChI is InChI=1S/C19H30O8/c1-10-7-12(21)8-18(3,4)19(10,25)6-5-11(2)26-17-16(24)15(23)14(22)13(9-20)27-17/h5-7,11,13-17,20,22-25H,8-9H2,1-4H3/b6-5+/t11-,13-,14-,15+,16-,17+,19-/m1/s1. The number of aliphatic hydroxyl groups excluding tert-OH is 4. The number of hydrogen-bond donors (Lipinski definition) is 5. The first-order valence-electron chi connectivity index (χ1n) is 9.02. The summed E-state index contributed by atoms with van der Waals surface area (Å²) < 4.78 is 10.9. The van der Waals surface area contributed by atoms with E-state index in [9.17, 15) is 30.3 Å². The number of hydrogen-bond acceptors (Lipinski definition) is 8. The molecule has 1 saturated heterocycles. The Bertz CT molecular complexity index is 611. The van der Waals surface area contributed by atoms with Gasteiger partial charge in [0.2, 0.25) is 0 Å². The second-order valence-electron chi connectivity index (χ2n) is 8.02. The van der Waals surface area contributed by atoms with E-state index in [2.05, 4.69) is 0 Å². The normalized spacial score (nSPS) is 40.9. The fraction of sp³-hybridized carbons (Fsp3) is 0.737. The van der Waals surface area contributed by atoms with Crippen LogP contribution in [0.5, 0.6) is 0 Å². The first-order chi connectivity index (χ1) is 12.4. The summed E-state index contributed by atoms with van der Waals surface area (Å²) in [5.74, 6) is -0.0406. The lowest BCUT2D eigenvalue weighted by atomic mass is 9.64. The fourth-order valence-corrected chi connectivity index (χ4v) is 3.58. The molecule has 0 aromatic heterocycles. The van der Waals surface area contributed by atoms with Gasteiger partial charge >= 0.3 is 0 Å². The van der Waals surface area contributed by atoms with Crippen LogP contribution in [0.2, 0.25) is 0 Å². The summed E-state index contributed by atoms with van der Waals surface area (Å²) in [6.45, 7) is 6.40. The van der Waals surface area contributed by atoms with E-state index in [4.69, 9.17) is 9.47 Å². The van der Waals surface area contributed by atoms with Gasteiger partial charge in [-0.05, 0) is 31.6 Å². The van der Waals surface area contributed by atoms with Crippen molar-refractivity contribution in [2.24, 2.45) is 5.41 Å². The van der Waals surface area contributed by atoms with Gasteiger partial charge in [0, 0.05) is 11.8 Å². The van der Waals surface area contributed by atoms with Crippen LogP contribution < -0.4 is 0 Å². The summed E-state index contributed by atoms with van der Waals surface area (Å²) in [5, 5.41) is 50.0. The van der Waals surface area contributed by atoms with Crippen LogP contribution in [0.1, 0.15) is 34.1 Å². The van der Waals surface area contributed by atoms with Crippen molar-refractivity contribution in [3.63, 3.8) is 0 Å². The Kier molecular flexibility index (Phi) is 6.63. The molecule has 27 heavy (non-hydrogen) atoms. The topological polar surface area (TPSA) is 137 Å². The number of ketones is 1. The highest BCUT2D eigenvalue weighted by atomic mass is 16.7. The van der Waals surface area contributed by atoms with E-state index >= 15 is 0 Å². The monoisotopic (exact) mass is 386 g/mol. The Hall–Kier alpha value is -1.13. The van der Waals surface area contributed by atoms with Gasteiger partial charge in [0.1, 0.15) is 30.0 Å². The van der Waals surface area contributed by atoms with Crippen LogP contribution in [0, 0.1) is 5.41 Å². The molecule has 8 heteroatoms. The number of rotatable bonds is 5. The SMILES string of the molecule is CC1=CC(=O)CC(C)(C)[C@@]1(O)/C=C/[C@@H](C)O[C@H]1O[C@H](CO)[C@@H](O)[C@H](O)[C@H]1O. The van der Waals surface area contributed by atoms with E-state index in [1.54, 1.807) is 39.8 Å². The molecule has 1 aliphatic carbocycles. The number of carbonyl (C=O) groups excluding carboxylic acids is 1. The summed E-state index contributed by atoms with van der Waals surface area (Å²) >= 11 is 0. The van der Waals surface area contributed by atoms with Crippen molar-refractivity contribution in [1.82, 2.24) is 0 Å². The Balaban J connectivity index is 2.11. The molecule has 0 unspecified atom stereocenters. The van der Waals surface area contributed by atoms with Crippen LogP contribution >= 0.6 is 0 Å². The van der Waals surface area contributed by atoms with Gasteiger partial charge in [0.15, 0.2) is 12.1 Å². The Labute approximate surface area is 158 Å². The van der Waals surface area contributed by atoms with Gasteiger partial charge in [-0.15, -0.1) is 0 Å². The molecule has 0 saturated carbocycles. The molecule has 2 aliphatic rings. The predicted octanol–water partition coefficient (Wildman–Crippen LogP) is -0.576. The van der Waals surface area contributed by atoms with Gasteiger partial charge in [-0.25, -0.2) is 0 Å². The predicted molar refractivity (Wildman–Crippen MR) is 95.6 cm³/mol. The third kappa shape index (κ3) is 4.32. The minimum Gasteiger partial charge on any atom is -0.394 e. The fourth-order valence-electron chi connectivity index (χ4n) is 3.58. The van der Waals surface area contributed by atoms with Gasteiger partial charge in [0.25, 0.3) is 0 Å². The number of carbonyl (C=O) groups is 1. The molecule has 8 nitrogen and oxygen atoms in total. The largest absolute Gasteiger partial charge is 0.394 e. The first-order valence-corrected chi connectivity index (χ1v) is 9.02. The van der Waals surface area contributed by atoms with E-state index < -0.39 is 54.4 Å². The number of allylic oxidation sites excluding steroid dienone is 1. The molecule has 0 amide bonds. The zero-order valence-electron chi connectivity index (χ0n) is 16.1. The van der Waals surface area contributed by atoms with E-state index in [1.807, 2.05) is 0 Å². The third-order valence-electron chi connectivity index (χ3n) is 5.43. The molecule has 0 bridgehead atoms. The van der Waals surface area contributed by atoms with Crippen LogP contribution in [-0.2, 0) is 14.3 Å². The molecule has 0 spiro atoms. The van der Waals surface area contributed by atoms with E-state index in [0.29, 0.717) is 5.57 Å². The lowest BCUT2D eigenvalue weighted by Crippen LogP contribution is -2.59. The summed E-state index contributed by atoms with van der Waals surface area (Å²) in [7, 11) is 0.